The third-order valence-electron chi connectivity index (χ3n) is 3.78. The molecular formula is C17H26N2O3. The lowest BCUT2D eigenvalue weighted by atomic mass is 10.1. The van der Waals surface area contributed by atoms with Crippen LogP contribution in [-0.2, 0) is 9.53 Å². The van der Waals surface area contributed by atoms with E-state index in [1.54, 1.807) is 0 Å². The summed E-state index contributed by atoms with van der Waals surface area (Å²) in [4.78, 5) is 12.1. The lowest BCUT2D eigenvalue weighted by Crippen LogP contribution is -2.35. The van der Waals surface area contributed by atoms with Crippen molar-refractivity contribution in [3.8, 4) is 5.75 Å². The third-order valence-corrected chi connectivity index (χ3v) is 3.78. The van der Waals surface area contributed by atoms with Crippen LogP contribution in [0.4, 0.5) is 5.69 Å². The number of anilines is 1. The molecule has 1 amide bonds. The van der Waals surface area contributed by atoms with E-state index in [-0.39, 0.29) is 12.0 Å². The zero-order valence-electron chi connectivity index (χ0n) is 13.4. The fourth-order valence-electron chi connectivity index (χ4n) is 2.48. The molecule has 2 unspecified atom stereocenters. The molecule has 2 rings (SSSR count). The van der Waals surface area contributed by atoms with Crippen LogP contribution < -0.4 is 15.8 Å². The minimum absolute atomic E-state index is 0.145. The Kier molecular flexibility index (Phi) is 6.21. The first-order chi connectivity index (χ1) is 10.6. The van der Waals surface area contributed by atoms with Crippen molar-refractivity contribution in [1.82, 2.24) is 0 Å². The standard InChI is InChI=1S/C17H26N2O3/c1-3-5-14(18)17(20)19-15-8-7-12(2)10-16(15)22-11-13-6-4-9-21-13/h7-8,10,13-14H,3-6,9,11,18H2,1-2H3,(H,19,20). The fourth-order valence-corrected chi connectivity index (χ4v) is 2.48. The molecule has 22 heavy (non-hydrogen) atoms. The van der Waals surface area contributed by atoms with E-state index in [9.17, 15) is 4.79 Å². The van der Waals surface area contributed by atoms with Gasteiger partial charge < -0.3 is 20.5 Å². The first-order valence-electron chi connectivity index (χ1n) is 8.01. The molecule has 5 heteroatoms. The van der Waals surface area contributed by atoms with Gasteiger partial charge in [-0.3, -0.25) is 4.79 Å². The van der Waals surface area contributed by atoms with Crippen LogP contribution in [0.2, 0.25) is 0 Å². The number of benzene rings is 1. The molecule has 0 spiro atoms. The van der Waals surface area contributed by atoms with Crippen LogP contribution in [0, 0.1) is 6.92 Å². The molecule has 0 aromatic heterocycles. The van der Waals surface area contributed by atoms with Crippen molar-refractivity contribution in [3.63, 3.8) is 0 Å². The van der Waals surface area contributed by atoms with Crippen LogP contribution in [0.3, 0.4) is 0 Å². The van der Waals surface area contributed by atoms with Crippen LogP contribution in [0.15, 0.2) is 18.2 Å². The predicted molar refractivity (Wildman–Crippen MR) is 87.2 cm³/mol. The molecule has 0 aliphatic carbocycles. The van der Waals surface area contributed by atoms with Gasteiger partial charge in [-0.15, -0.1) is 0 Å². The SMILES string of the molecule is CCCC(N)C(=O)Nc1ccc(C)cc1OCC1CCCO1. The van der Waals surface area contributed by atoms with Crippen LogP contribution in [0.5, 0.6) is 5.75 Å². The van der Waals surface area contributed by atoms with Crippen molar-refractivity contribution in [2.45, 2.75) is 51.7 Å². The molecule has 0 radical (unpaired) electrons. The molecule has 1 aromatic carbocycles. The maximum absolute atomic E-state index is 12.1. The number of nitrogens with one attached hydrogen (secondary N) is 1. The topological polar surface area (TPSA) is 73.6 Å². The summed E-state index contributed by atoms with van der Waals surface area (Å²) in [6.07, 6.45) is 3.80. The van der Waals surface area contributed by atoms with Crippen molar-refractivity contribution in [1.29, 1.82) is 0 Å². The van der Waals surface area contributed by atoms with Crippen LogP contribution in [-0.4, -0.2) is 31.3 Å². The van der Waals surface area contributed by atoms with Gasteiger partial charge in [0.1, 0.15) is 12.4 Å². The molecule has 1 aromatic rings. The number of rotatable bonds is 7. The van der Waals surface area contributed by atoms with Crippen molar-refractivity contribution >= 4 is 11.6 Å². The van der Waals surface area contributed by atoms with Crippen LogP contribution >= 0.6 is 0 Å². The van der Waals surface area contributed by atoms with Gasteiger partial charge in [0.15, 0.2) is 0 Å². The molecule has 1 fully saturated rings. The van der Waals surface area contributed by atoms with Gasteiger partial charge in [0.2, 0.25) is 5.91 Å². The van der Waals surface area contributed by atoms with Gasteiger partial charge in [-0.05, 0) is 43.9 Å². The Bertz CT molecular complexity index is 499. The van der Waals surface area contributed by atoms with Gasteiger partial charge in [-0.25, -0.2) is 0 Å². The number of amides is 1. The molecule has 5 nitrogen and oxygen atoms in total. The van der Waals surface area contributed by atoms with Gasteiger partial charge in [0.05, 0.1) is 17.8 Å². The van der Waals surface area contributed by atoms with Crippen molar-refractivity contribution in [2.24, 2.45) is 5.73 Å². The minimum Gasteiger partial charge on any atom is -0.489 e. The number of carbonyl (C=O) groups excluding carboxylic acids is 1. The summed E-state index contributed by atoms with van der Waals surface area (Å²) in [5.74, 6) is 0.500. The van der Waals surface area contributed by atoms with Gasteiger partial charge in [-0.2, -0.15) is 0 Å². The molecule has 1 aliphatic heterocycles. The average Bonchev–Trinajstić information content (AvgIpc) is 3.01. The molecule has 0 saturated carbocycles. The highest BCUT2D eigenvalue weighted by Crippen LogP contribution is 2.27. The Morgan fingerprint density at radius 3 is 3.05 bits per heavy atom. The largest absolute Gasteiger partial charge is 0.489 e. The van der Waals surface area contributed by atoms with Crippen molar-refractivity contribution in [2.75, 3.05) is 18.5 Å². The molecule has 122 valence electrons. The highest BCUT2D eigenvalue weighted by atomic mass is 16.5. The number of carbonyl (C=O) groups is 1. The molecule has 0 bridgehead atoms. The van der Waals surface area contributed by atoms with Gasteiger partial charge >= 0.3 is 0 Å². The van der Waals surface area contributed by atoms with E-state index in [2.05, 4.69) is 5.32 Å². The lowest BCUT2D eigenvalue weighted by molar-refractivity contribution is -0.117. The predicted octanol–water partition coefficient (Wildman–Crippen LogP) is 2.62. The summed E-state index contributed by atoms with van der Waals surface area (Å²) in [5.41, 5.74) is 7.60. The second-order valence-corrected chi connectivity index (χ2v) is 5.83. The van der Waals surface area contributed by atoms with E-state index in [4.69, 9.17) is 15.2 Å². The first-order valence-corrected chi connectivity index (χ1v) is 8.01. The maximum Gasteiger partial charge on any atom is 0.241 e. The number of hydrogen-bond acceptors (Lipinski definition) is 4. The highest BCUT2D eigenvalue weighted by Gasteiger charge is 2.18. The van der Waals surface area contributed by atoms with E-state index in [1.807, 2.05) is 32.0 Å². The van der Waals surface area contributed by atoms with Crippen molar-refractivity contribution in [3.05, 3.63) is 23.8 Å². The first kappa shape index (κ1) is 16.8. The monoisotopic (exact) mass is 306 g/mol. The summed E-state index contributed by atoms with van der Waals surface area (Å²) < 4.78 is 11.4. The smallest absolute Gasteiger partial charge is 0.241 e. The van der Waals surface area contributed by atoms with Crippen LogP contribution in [0.25, 0.3) is 0 Å². The second-order valence-electron chi connectivity index (χ2n) is 5.83. The molecule has 1 heterocycles. The highest BCUT2D eigenvalue weighted by molar-refractivity contribution is 5.95. The quantitative estimate of drug-likeness (QED) is 0.812. The summed E-state index contributed by atoms with van der Waals surface area (Å²) in [6.45, 7) is 5.31. The number of aryl methyl sites for hydroxylation is 1. The Morgan fingerprint density at radius 1 is 1.55 bits per heavy atom. The molecule has 3 N–H and O–H groups in total. The number of hydrogen-bond donors (Lipinski definition) is 2. The summed E-state index contributed by atoms with van der Waals surface area (Å²) >= 11 is 0. The van der Waals surface area contributed by atoms with Gasteiger partial charge in [-0.1, -0.05) is 19.4 Å². The number of nitrogens with two attached hydrogens (primary N) is 1. The van der Waals surface area contributed by atoms with Crippen molar-refractivity contribution < 1.29 is 14.3 Å². The Balaban J connectivity index is 2.01. The number of ether oxygens (including phenoxy) is 2. The molecule has 1 saturated heterocycles. The van der Waals surface area contributed by atoms with Crippen LogP contribution in [0.1, 0.15) is 38.2 Å². The van der Waals surface area contributed by atoms with E-state index in [0.717, 1.165) is 31.4 Å². The summed E-state index contributed by atoms with van der Waals surface area (Å²) in [6, 6.07) is 5.24. The van der Waals surface area contributed by atoms with E-state index in [0.29, 0.717) is 24.5 Å². The zero-order valence-corrected chi connectivity index (χ0v) is 13.4. The normalized spacial score (nSPS) is 19.0. The molecule has 2 atom stereocenters. The fraction of sp³-hybridized carbons (Fsp3) is 0.588. The Morgan fingerprint density at radius 2 is 2.36 bits per heavy atom. The Hall–Kier alpha value is -1.59. The van der Waals surface area contributed by atoms with E-state index >= 15 is 0 Å². The molecule has 1 aliphatic rings. The summed E-state index contributed by atoms with van der Waals surface area (Å²) in [5, 5.41) is 2.87. The lowest BCUT2D eigenvalue weighted by Gasteiger charge is -2.17. The average molecular weight is 306 g/mol. The van der Waals surface area contributed by atoms with Gasteiger partial charge in [0.25, 0.3) is 0 Å². The third kappa shape index (κ3) is 4.71. The van der Waals surface area contributed by atoms with E-state index < -0.39 is 6.04 Å². The molecular weight excluding hydrogens is 280 g/mol. The zero-order chi connectivity index (χ0) is 15.9. The summed E-state index contributed by atoms with van der Waals surface area (Å²) in [7, 11) is 0. The second kappa shape index (κ2) is 8.15. The van der Waals surface area contributed by atoms with E-state index in [1.165, 1.54) is 0 Å². The minimum atomic E-state index is -0.489. The Labute approximate surface area is 132 Å². The van der Waals surface area contributed by atoms with Gasteiger partial charge in [0, 0.05) is 6.61 Å². The maximum atomic E-state index is 12.1.